The molecule has 1 amide bonds. The average molecular weight is 292 g/mol. The molecular weight excluding hydrogens is 291 g/mol. The van der Waals surface area contributed by atoms with Gasteiger partial charge in [-0.1, -0.05) is 58.0 Å². The second kappa shape index (κ2) is 4.33. The zero-order valence-corrected chi connectivity index (χ0v) is 10.1. The first kappa shape index (κ1) is 12.2. The number of nitrogens with one attached hydrogen (secondary N) is 1. The second-order valence-corrected chi connectivity index (χ2v) is 4.16. The van der Waals surface area contributed by atoms with Gasteiger partial charge in [-0.3, -0.25) is 10.5 Å². The number of benzene rings is 1. The van der Waals surface area contributed by atoms with Crippen molar-refractivity contribution in [1.82, 2.24) is 5.73 Å². The van der Waals surface area contributed by atoms with Crippen molar-refractivity contribution in [2.75, 3.05) is 0 Å². The summed E-state index contributed by atoms with van der Waals surface area (Å²) in [5.74, 6) is -1.07. The average Bonchev–Trinajstić information content (AvgIpc) is 2.11. The summed E-state index contributed by atoms with van der Waals surface area (Å²) in [5.41, 5.74) is 6.65. The largest absolute Gasteiger partial charge is 0.272 e. The molecule has 1 radical (unpaired) electrons. The van der Waals surface area contributed by atoms with Crippen LogP contribution in [0.1, 0.15) is 10.4 Å². The van der Waals surface area contributed by atoms with Crippen molar-refractivity contribution < 1.29 is 4.79 Å². The Kier molecular flexibility index (Phi) is 3.78. The van der Waals surface area contributed by atoms with Crippen LogP contribution >= 0.6 is 58.0 Å². The minimum absolute atomic E-state index is 0.0340. The molecule has 1 N–H and O–H groups in total. The third-order valence-electron chi connectivity index (χ3n) is 1.44. The lowest BCUT2D eigenvalue weighted by Gasteiger charge is -2.08. The molecule has 0 bridgehead atoms. The smallest absolute Gasteiger partial charge is 0.267 e. The topological polar surface area (TPSA) is 40.9 Å². The molecule has 0 fully saturated rings. The molecule has 7 heteroatoms. The van der Waals surface area contributed by atoms with Gasteiger partial charge in [-0.15, -0.1) is 0 Å². The highest BCUT2D eigenvalue weighted by Gasteiger charge is 2.22. The second-order valence-electron chi connectivity index (χ2n) is 2.27. The number of carbonyl (C=O) groups is 1. The fourth-order valence-electron chi connectivity index (χ4n) is 0.804. The normalized spacial score (nSPS) is 10.4. The predicted molar refractivity (Wildman–Crippen MR) is 58.9 cm³/mol. The molecule has 0 saturated heterocycles. The molecule has 0 atom stereocenters. The van der Waals surface area contributed by atoms with Crippen molar-refractivity contribution in [3.63, 3.8) is 0 Å². The van der Waals surface area contributed by atoms with E-state index in [1.807, 2.05) is 0 Å². The summed E-state index contributed by atoms with van der Waals surface area (Å²) in [6.07, 6.45) is 0. The molecule has 75 valence electrons. The lowest BCUT2D eigenvalue weighted by molar-refractivity contribution is 0.0992. The van der Waals surface area contributed by atoms with Crippen LogP contribution in [-0.4, -0.2) is 5.91 Å². The summed E-state index contributed by atoms with van der Waals surface area (Å²) >= 11 is 28.3. The minimum atomic E-state index is -1.07. The molecule has 0 aliphatic rings. The summed E-state index contributed by atoms with van der Waals surface area (Å²) < 4.78 is 0. The molecule has 0 aliphatic heterocycles. The van der Waals surface area contributed by atoms with E-state index in [0.717, 1.165) is 0 Å². The van der Waals surface area contributed by atoms with Gasteiger partial charge in [0, 0.05) is 0 Å². The van der Waals surface area contributed by atoms with E-state index in [4.69, 9.17) is 63.7 Å². The Balaban J connectivity index is 3.68. The van der Waals surface area contributed by atoms with Gasteiger partial charge in [0.1, 0.15) is 0 Å². The Hall–Kier alpha value is 0.140. The number of carbonyl (C=O) groups excluding carboxylic acids is 1. The molecule has 0 aromatic heterocycles. The summed E-state index contributed by atoms with van der Waals surface area (Å²) in [6, 6.07) is 0. The first-order valence-electron chi connectivity index (χ1n) is 3.15. The first-order chi connectivity index (χ1) is 6.37. The summed E-state index contributed by atoms with van der Waals surface area (Å²) in [4.78, 5) is 10.8. The Morgan fingerprint density at radius 1 is 0.786 bits per heavy atom. The molecule has 1 aromatic rings. The van der Waals surface area contributed by atoms with Crippen LogP contribution in [0, 0.1) is 0 Å². The predicted octanol–water partition coefficient (Wildman–Crippen LogP) is 4.38. The number of hydrogen-bond donors (Lipinski definition) is 0. The molecule has 0 spiro atoms. The zero-order valence-electron chi connectivity index (χ0n) is 6.30. The SMILES string of the molecule is [NH]C(=O)c1c(Cl)c(Cl)c(Cl)c(Cl)c1Cl. The van der Waals surface area contributed by atoms with Crippen LogP contribution in [0.5, 0.6) is 0 Å². The number of rotatable bonds is 1. The van der Waals surface area contributed by atoms with Crippen molar-refractivity contribution in [2.24, 2.45) is 0 Å². The standard InChI is InChI=1S/C7HCl5NO/c8-2-1(7(13)14)3(9)5(11)6(12)4(2)10/h13H. The van der Waals surface area contributed by atoms with E-state index in [0.29, 0.717) is 0 Å². The van der Waals surface area contributed by atoms with E-state index >= 15 is 0 Å². The molecule has 0 unspecified atom stereocenters. The quantitative estimate of drug-likeness (QED) is 0.559. The van der Waals surface area contributed by atoms with Crippen LogP contribution in [-0.2, 0) is 0 Å². The monoisotopic (exact) mass is 290 g/mol. The number of amides is 1. The molecular formula is C7HCl5NO. The fraction of sp³-hybridized carbons (Fsp3) is 0. The summed E-state index contributed by atoms with van der Waals surface area (Å²) in [7, 11) is 0. The van der Waals surface area contributed by atoms with Crippen LogP contribution in [0.4, 0.5) is 0 Å². The molecule has 1 rings (SSSR count). The van der Waals surface area contributed by atoms with Crippen LogP contribution in [0.25, 0.3) is 0 Å². The number of halogens is 5. The van der Waals surface area contributed by atoms with Crippen LogP contribution in [0.3, 0.4) is 0 Å². The van der Waals surface area contributed by atoms with E-state index in [1.54, 1.807) is 0 Å². The van der Waals surface area contributed by atoms with Gasteiger partial charge in [0.15, 0.2) is 0 Å². The maximum absolute atomic E-state index is 10.8. The molecule has 1 aromatic carbocycles. The third-order valence-corrected chi connectivity index (χ3v) is 3.71. The molecule has 2 nitrogen and oxygen atoms in total. The van der Waals surface area contributed by atoms with Crippen molar-refractivity contribution in [1.29, 1.82) is 0 Å². The van der Waals surface area contributed by atoms with Gasteiger partial charge < -0.3 is 0 Å². The fourth-order valence-corrected chi connectivity index (χ4v) is 2.11. The Morgan fingerprint density at radius 2 is 1.07 bits per heavy atom. The Labute approximate surface area is 105 Å². The van der Waals surface area contributed by atoms with E-state index in [1.165, 1.54) is 0 Å². The molecule has 0 saturated carbocycles. The minimum Gasteiger partial charge on any atom is -0.267 e. The summed E-state index contributed by atoms with van der Waals surface area (Å²) in [6.45, 7) is 0. The molecule has 0 aliphatic carbocycles. The first-order valence-corrected chi connectivity index (χ1v) is 5.04. The maximum Gasteiger partial charge on any atom is 0.272 e. The van der Waals surface area contributed by atoms with Crippen LogP contribution in [0.2, 0.25) is 25.1 Å². The van der Waals surface area contributed by atoms with E-state index < -0.39 is 5.91 Å². The van der Waals surface area contributed by atoms with Crippen molar-refractivity contribution in [3.05, 3.63) is 30.7 Å². The van der Waals surface area contributed by atoms with Crippen molar-refractivity contribution in [2.45, 2.75) is 0 Å². The highest BCUT2D eigenvalue weighted by atomic mass is 35.5. The van der Waals surface area contributed by atoms with Gasteiger partial charge in [0.2, 0.25) is 0 Å². The highest BCUT2D eigenvalue weighted by Crippen LogP contribution is 2.43. The maximum atomic E-state index is 10.8. The lowest BCUT2D eigenvalue weighted by atomic mass is 10.2. The van der Waals surface area contributed by atoms with Gasteiger partial charge in [-0.05, 0) is 0 Å². The van der Waals surface area contributed by atoms with Crippen molar-refractivity contribution >= 4 is 63.9 Å². The van der Waals surface area contributed by atoms with Crippen LogP contribution < -0.4 is 5.73 Å². The van der Waals surface area contributed by atoms with E-state index in [2.05, 4.69) is 0 Å². The highest BCUT2D eigenvalue weighted by molar-refractivity contribution is 6.56. The van der Waals surface area contributed by atoms with Gasteiger partial charge in [0.25, 0.3) is 5.91 Å². The number of hydrogen-bond acceptors (Lipinski definition) is 1. The lowest BCUT2D eigenvalue weighted by Crippen LogP contribution is -2.02. The van der Waals surface area contributed by atoms with Gasteiger partial charge in [-0.2, -0.15) is 0 Å². The van der Waals surface area contributed by atoms with Gasteiger partial charge >= 0.3 is 0 Å². The van der Waals surface area contributed by atoms with E-state index in [9.17, 15) is 4.79 Å². The molecule has 0 heterocycles. The van der Waals surface area contributed by atoms with E-state index in [-0.39, 0.29) is 30.7 Å². The van der Waals surface area contributed by atoms with Crippen molar-refractivity contribution in [3.8, 4) is 0 Å². The Bertz CT molecular complexity index is 388. The van der Waals surface area contributed by atoms with Gasteiger partial charge in [-0.25, -0.2) is 0 Å². The Morgan fingerprint density at radius 3 is 1.36 bits per heavy atom. The zero-order chi connectivity index (χ0) is 11.0. The third kappa shape index (κ3) is 1.90. The molecule has 14 heavy (non-hydrogen) atoms. The summed E-state index contributed by atoms with van der Waals surface area (Å²) in [5, 5.41) is -0.526. The van der Waals surface area contributed by atoms with Crippen LogP contribution in [0.15, 0.2) is 0 Å². The van der Waals surface area contributed by atoms with Gasteiger partial charge in [0.05, 0.1) is 30.7 Å².